The minimum atomic E-state index is -4.98. The van der Waals surface area contributed by atoms with Gasteiger partial charge in [-0.1, -0.05) is 18.2 Å². The lowest BCUT2D eigenvalue weighted by Crippen LogP contribution is -2.18. The van der Waals surface area contributed by atoms with Crippen LogP contribution < -0.4 is 10.5 Å². The third-order valence-corrected chi connectivity index (χ3v) is 2.75. The summed E-state index contributed by atoms with van der Waals surface area (Å²) >= 11 is 0. The fourth-order valence-corrected chi connectivity index (χ4v) is 1.81. The van der Waals surface area contributed by atoms with E-state index in [1.807, 2.05) is 0 Å². The Hall–Kier alpha value is -2.15. The molecule has 0 unspecified atom stereocenters. The monoisotopic (exact) mass is 303 g/mol. The summed E-state index contributed by atoms with van der Waals surface area (Å²) in [6, 6.07) is 7.34. The van der Waals surface area contributed by atoms with Gasteiger partial charge in [-0.3, -0.25) is 0 Å². The van der Waals surface area contributed by atoms with Crippen LogP contribution in [-0.2, 0) is 0 Å². The Labute approximate surface area is 116 Å². The topological polar surface area (TPSA) is 35.2 Å². The fraction of sp³-hybridized carbons (Fsp3) is 0.143. The Morgan fingerprint density at radius 2 is 1.62 bits per heavy atom. The first-order valence-corrected chi connectivity index (χ1v) is 5.82. The zero-order valence-electron chi connectivity index (χ0n) is 10.5. The number of hydrogen-bond acceptors (Lipinski definition) is 2. The van der Waals surface area contributed by atoms with Crippen LogP contribution in [0.15, 0.2) is 42.5 Å². The minimum Gasteiger partial charge on any atom is -0.403 e. The molecule has 0 aliphatic carbocycles. The van der Waals surface area contributed by atoms with Gasteiger partial charge in [0, 0.05) is 0 Å². The molecule has 0 radical (unpaired) electrons. The van der Waals surface area contributed by atoms with E-state index in [0.717, 1.165) is 12.1 Å². The van der Waals surface area contributed by atoms with E-state index < -0.39 is 29.8 Å². The lowest BCUT2D eigenvalue weighted by molar-refractivity contribution is -0.275. The van der Waals surface area contributed by atoms with Crippen LogP contribution in [-0.4, -0.2) is 6.36 Å². The molecule has 112 valence electrons. The Kier molecular flexibility index (Phi) is 4.13. The first-order valence-electron chi connectivity index (χ1n) is 5.82. The Morgan fingerprint density at radius 1 is 0.952 bits per heavy atom. The molecule has 0 saturated heterocycles. The van der Waals surface area contributed by atoms with Gasteiger partial charge in [0.1, 0.15) is 5.82 Å². The average Bonchev–Trinajstić information content (AvgIpc) is 2.39. The van der Waals surface area contributed by atoms with Crippen molar-refractivity contribution in [2.75, 3.05) is 0 Å². The summed E-state index contributed by atoms with van der Waals surface area (Å²) in [6.45, 7) is 0. The van der Waals surface area contributed by atoms with Gasteiger partial charge in [0.05, 0.1) is 6.04 Å². The van der Waals surface area contributed by atoms with Gasteiger partial charge in [0.25, 0.3) is 0 Å². The van der Waals surface area contributed by atoms with E-state index in [4.69, 9.17) is 5.73 Å². The van der Waals surface area contributed by atoms with E-state index in [9.17, 15) is 22.0 Å². The van der Waals surface area contributed by atoms with E-state index in [-0.39, 0.29) is 5.56 Å². The molecule has 0 fully saturated rings. The first kappa shape index (κ1) is 15.2. The molecule has 2 rings (SSSR count). The molecule has 2 nitrogen and oxygen atoms in total. The highest BCUT2D eigenvalue weighted by atomic mass is 19.4. The zero-order valence-corrected chi connectivity index (χ0v) is 10.5. The van der Waals surface area contributed by atoms with Crippen molar-refractivity contribution < 1.29 is 26.7 Å². The van der Waals surface area contributed by atoms with Gasteiger partial charge in [-0.15, -0.1) is 13.2 Å². The van der Waals surface area contributed by atoms with Crippen molar-refractivity contribution in [2.24, 2.45) is 5.73 Å². The van der Waals surface area contributed by atoms with Gasteiger partial charge < -0.3 is 10.5 Å². The number of rotatable bonds is 3. The second-order valence-corrected chi connectivity index (χ2v) is 4.27. The van der Waals surface area contributed by atoms with Crippen molar-refractivity contribution in [2.45, 2.75) is 12.4 Å². The number of alkyl halides is 3. The Balaban J connectivity index is 2.27. The number of hydrogen-bond donors (Lipinski definition) is 1. The maximum atomic E-state index is 13.6. The summed E-state index contributed by atoms with van der Waals surface area (Å²) in [5, 5.41) is 0. The van der Waals surface area contributed by atoms with Gasteiger partial charge in [0.15, 0.2) is 11.6 Å². The van der Waals surface area contributed by atoms with Gasteiger partial charge in [-0.2, -0.15) is 0 Å². The summed E-state index contributed by atoms with van der Waals surface area (Å²) in [7, 11) is 0. The van der Waals surface area contributed by atoms with Crippen molar-refractivity contribution in [1.82, 2.24) is 0 Å². The summed E-state index contributed by atoms with van der Waals surface area (Å²) < 4.78 is 66.3. The van der Waals surface area contributed by atoms with Gasteiger partial charge >= 0.3 is 6.36 Å². The SMILES string of the molecule is N[C@H](c1cccc(F)c1)c1ccc(OC(F)(F)F)c(F)c1. The normalized spacial score (nSPS) is 13.0. The standard InChI is InChI=1S/C14H10F5NO/c15-10-3-1-2-8(6-10)13(20)9-4-5-12(11(16)7-9)21-14(17,18)19/h1-7,13H,20H2/t13-/m1/s1. The van der Waals surface area contributed by atoms with E-state index >= 15 is 0 Å². The molecular weight excluding hydrogens is 293 g/mol. The second kappa shape index (κ2) is 5.69. The predicted octanol–water partition coefficient (Wildman–Crippen LogP) is 3.91. The molecule has 0 heterocycles. The molecular formula is C14H10F5NO. The fourth-order valence-electron chi connectivity index (χ4n) is 1.81. The first-order chi connectivity index (χ1) is 9.76. The summed E-state index contributed by atoms with van der Waals surface area (Å²) in [4.78, 5) is 0. The largest absolute Gasteiger partial charge is 0.573 e. The third kappa shape index (κ3) is 3.91. The van der Waals surface area contributed by atoms with Gasteiger partial charge in [-0.05, 0) is 35.4 Å². The van der Waals surface area contributed by atoms with Crippen molar-refractivity contribution in [3.05, 3.63) is 65.2 Å². The van der Waals surface area contributed by atoms with Crippen LogP contribution in [0.3, 0.4) is 0 Å². The highest BCUT2D eigenvalue weighted by molar-refractivity contribution is 5.36. The maximum Gasteiger partial charge on any atom is 0.573 e. The number of ether oxygens (including phenoxy) is 1. The smallest absolute Gasteiger partial charge is 0.403 e. The molecule has 7 heteroatoms. The van der Waals surface area contributed by atoms with Crippen LogP contribution in [0.4, 0.5) is 22.0 Å². The van der Waals surface area contributed by atoms with Crippen molar-refractivity contribution in [3.63, 3.8) is 0 Å². The molecule has 2 aromatic carbocycles. The zero-order chi connectivity index (χ0) is 15.6. The van der Waals surface area contributed by atoms with Crippen molar-refractivity contribution in [1.29, 1.82) is 0 Å². The second-order valence-electron chi connectivity index (χ2n) is 4.27. The van der Waals surface area contributed by atoms with Gasteiger partial charge in [-0.25, -0.2) is 8.78 Å². The molecule has 0 spiro atoms. The van der Waals surface area contributed by atoms with Crippen LogP contribution in [0.25, 0.3) is 0 Å². The molecule has 0 amide bonds. The van der Waals surface area contributed by atoms with Crippen molar-refractivity contribution >= 4 is 0 Å². The van der Waals surface area contributed by atoms with Gasteiger partial charge in [0.2, 0.25) is 0 Å². The average molecular weight is 303 g/mol. The molecule has 0 bridgehead atoms. The highest BCUT2D eigenvalue weighted by Crippen LogP contribution is 2.29. The maximum absolute atomic E-state index is 13.6. The molecule has 0 aliphatic rings. The Morgan fingerprint density at radius 3 is 2.19 bits per heavy atom. The van der Waals surface area contributed by atoms with Crippen LogP contribution in [0.1, 0.15) is 17.2 Å². The molecule has 0 saturated carbocycles. The third-order valence-electron chi connectivity index (χ3n) is 2.75. The Bertz CT molecular complexity index is 642. The molecule has 0 aliphatic heterocycles. The number of nitrogens with two attached hydrogens (primary N) is 1. The van der Waals surface area contributed by atoms with Crippen LogP contribution >= 0.6 is 0 Å². The lowest BCUT2D eigenvalue weighted by Gasteiger charge is -2.15. The van der Waals surface area contributed by atoms with Crippen LogP contribution in [0.2, 0.25) is 0 Å². The van der Waals surface area contributed by atoms with Crippen molar-refractivity contribution in [3.8, 4) is 5.75 Å². The van der Waals surface area contributed by atoms with E-state index in [2.05, 4.69) is 4.74 Å². The quantitative estimate of drug-likeness (QED) is 0.873. The summed E-state index contributed by atoms with van der Waals surface area (Å²) in [6.07, 6.45) is -4.98. The molecule has 2 N–H and O–H groups in total. The molecule has 2 aromatic rings. The minimum absolute atomic E-state index is 0.202. The van der Waals surface area contributed by atoms with E-state index in [1.54, 1.807) is 0 Å². The summed E-state index contributed by atoms with van der Waals surface area (Å²) in [5.41, 5.74) is 6.41. The lowest BCUT2D eigenvalue weighted by atomic mass is 9.99. The highest BCUT2D eigenvalue weighted by Gasteiger charge is 2.32. The molecule has 1 atom stereocenters. The number of halogens is 5. The predicted molar refractivity (Wildman–Crippen MR) is 65.5 cm³/mol. The summed E-state index contributed by atoms with van der Waals surface area (Å²) in [5.74, 6) is -2.66. The van der Waals surface area contributed by atoms with E-state index in [0.29, 0.717) is 5.56 Å². The number of benzene rings is 2. The molecule has 21 heavy (non-hydrogen) atoms. The molecule has 0 aromatic heterocycles. The van der Waals surface area contributed by atoms with Crippen LogP contribution in [0.5, 0.6) is 5.75 Å². The van der Waals surface area contributed by atoms with Crippen LogP contribution in [0, 0.1) is 11.6 Å². The van der Waals surface area contributed by atoms with E-state index in [1.165, 1.54) is 30.3 Å².